The van der Waals surface area contributed by atoms with Gasteiger partial charge in [0, 0.05) is 12.0 Å². The fourth-order valence-corrected chi connectivity index (χ4v) is 2.77. The zero-order valence-corrected chi connectivity index (χ0v) is 9.61. The Morgan fingerprint density at radius 3 is 2.31 bits per heavy atom. The van der Waals surface area contributed by atoms with Gasteiger partial charge in [0.2, 0.25) is 5.91 Å². The molecule has 0 spiro atoms. The van der Waals surface area contributed by atoms with Gasteiger partial charge >= 0.3 is 5.97 Å². The van der Waals surface area contributed by atoms with Crippen molar-refractivity contribution in [2.24, 2.45) is 17.8 Å². The fourth-order valence-electron chi connectivity index (χ4n) is 2.77. The number of carboxylic acids is 1. The molecular weight excluding hydrogens is 206 g/mol. The molecule has 4 heteroatoms. The number of carbonyl (C=O) groups excluding carboxylic acids is 1. The predicted molar refractivity (Wildman–Crippen MR) is 58.8 cm³/mol. The molecule has 2 aliphatic carbocycles. The van der Waals surface area contributed by atoms with E-state index in [9.17, 15) is 9.59 Å². The van der Waals surface area contributed by atoms with E-state index >= 15 is 0 Å². The Bertz CT molecular complexity index is 297. The van der Waals surface area contributed by atoms with Gasteiger partial charge in [-0.1, -0.05) is 6.92 Å². The summed E-state index contributed by atoms with van der Waals surface area (Å²) in [4.78, 5) is 22.5. The molecule has 2 saturated carbocycles. The smallest absolute Gasteiger partial charge is 0.306 e. The SMILES string of the molecule is CC1CC(C(=O)NC2CCC(C(=O)O)C2)C1. The molecule has 0 heterocycles. The second kappa shape index (κ2) is 4.44. The van der Waals surface area contributed by atoms with Crippen LogP contribution in [0.2, 0.25) is 0 Å². The lowest BCUT2D eigenvalue weighted by Gasteiger charge is -2.32. The van der Waals surface area contributed by atoms with Gasteiger partial charge in [0.25, 0.3) is 0 Å². The molecule has 2 rings (SSSR count). The molecular formula is C12H19NO3. The second-order valence-corrected chi connectivity index (χ2v) is 5.33. The van der Waals surface area contributed by atoms with E-state index in [1.165, 1.54) is 0 Å². The Labute approximate surface area is 95.4 Å². The summed E-state index contributed by atoms with van der Waals surface area (Å²) in [5.74, 6) is -0.00116. The van der Waals surface area contributed by atoms with E-state index in [1.807, 2.05) is 0 Å². The molecule has 90 valence electrons. The summed E-state index contributed by atoms with van der Waals surface area (Å²) in [5.41, 5.74) is 0. The minimum absolute atomic E-state index is 0.0875. The topological polar surface area (TPSA) is 66.4 Å². The number of rotatable bonds is 3. The van der Waals surface area contributed by atoms with Crippen LogP contribution >= 0.6 is 0 Å². The summed E-state index contributed by atoms with van der Waals surface area (Å²) in [5, 5.41) is 11.8. The lowest BCUT2D eigenvalue weighted by atomic mass is 9.75. The lowest BCUT2D eigenvalue weighted by Crippen LogP contribution is -2.42. The van der Waals surface area contributed by atoms with E-state index < -0.39 is 5.97 Å². The summed E-state index contributed by atoms with van der Waals surface area (Å²) in [7, 11) is 0. The normalized spacial score (nSPS) is 37.8. The molecule has 0 aromatic heterocycles. The number of aliphatic carboxylic acids is 1. The van der Waals surface area contributed by atoms with Gasteiger partial charge in [-0.3, -0.25) is 9.59 Å². The van der Waals surface area contributed by atoms with Gasteiger partial charge in [0.1, 0.15) is 0 Å². The van der Waals surface area contributed by atoms with Crippen molar-refractivity contribution >= 4 is 11.9 Å². The first-order valence-electron chi connectivity index (χ1n) is 6.09. The van der Waals surface area contributed by atoms with Crippen molar-refractivity contribution in [3.8, 4) is 0 Å². The molecule has 0 bridgehead atoms. The van der Waals surface area contributed by atoms with Gasteiger partial charge < -0.3 is 10.4 Å². The highest BCUT2D eigenvalue weighted by atomic mass is 16.4. The largest absolute Gasteiger partial charge is 0.481 e. The fraction of sp³-hybridized carbons (Fsp3) is 0.833. The number of amides is 1. The highest BCUT2D eigenvalue weighted by Gasteiger charge is 2.35. The highest BCUT2D eigenvalue weighted by molar-refractivity contribution is 5.80. The third-order valence-corrected chi connectivity index (χ3v) is 3.87. The number of hydrogen-bond donors (Lipinski definition) is 2. The minimum Gasteiger partial charge on any atom is -0.481 e. The predicted octanol–water partition coefficient (Wildman–Crippen LogP) is 1.40. The zero-order valence-electron chi connectivity index (χ0n) is 9.61. The standard InChI is InChI=1S/C12H19NO3/c1-7-4-9(5-7)11(14)13-10-3-2-8(6-10)12(15)16/h7-10H,2-6H2,1H3,(H,13,14)(H,15,16). The number of hydrogen-bond acceptors (Lipinski definition) is 2. The maximum absolute atomic E-state index is 11.7. The Morgan fingerprint density at radius 1 is 1.12 bits per heavy atom. The third-order valence-electron chi connectivity index (χ3n) is 3.87. The van der Waals surface area contributed by atoms with Crippen molar-refractivity contribution in [1.82, 2.24) is 5.32 Å². The van der Waals surface area contributed by atoms with Crippen LogP contribution in [0, 0.1) is 17.8 Å². The van der Waals surface area contributed by atoms with E-state index in [0.717, 1.165) is 19.3 Å². The molecule has 1 amide bonds. The van der Waals surface area contributed by atoms with Crippen LogP contribution in [0.4, 0.5) is 0 Å². The van der Waals surface area contributed by atoms with Crippen LogP contribution in [0.25, 0.3) is 0 Å². The molecule has 0 radical (unpaired) electrons. The number of carbonyl (C=O) groups is 2. The van der Waals surface area contributed by atoms with Gasteiger partial charge in [-0.2, -0.15) is 0 Å². The first-order valence-corrected chi connectivity index (χ1v) is 6.09. The second-order valence-electron chi connectivity index (χ2n) is 5.33. The average molecular weight is 225 g/mol. The van der Waals surface area contributed by atoms with Crippen LogP contribution in [0.5, 0.6) is 0 Å². The molecule has 16 heavy (non-hydrogen) atoms. The number of carboxylic acid groups (broad SMARTS) is 1. The molecule has 0 saturated heterocycles. The van der Waals surface area contributed by atoms with E-state index in [1.54, 1.807) is 0 Å². The first kappa shape index (κ1) is 11.4. The summed E-state index contributed by atoms with van der Waals surface area (Å²) >= 11 is 0. The highest BCUT2D eigenvalue weighted by Crippen LogP contribution is 2.34. The van der Waals surface area contributed by atoms with Crippen molar-refractivity contribution in [3.63, 3.8) is 0 Å². The molecule has 2 fully saturated rings. The van der Waals surface area contributed by atoms with Crippen LogP contribution in [0.15, 0.2) is 0 Å². The molecule has 4 nitrogen and oxygen atoms in total. The lowest BCUT2D eigenvalue weighted by molar-refractivity contribution is -0.141. The van der Waals surface area contributed by atoms with Crippen molar-refractivity contribution in [2.75, 3.05) is 0 Å². The number of nitrogens with one attached hydrogen (secondary N) is 1. The molecule has 2 N–H and O–H groups in total. The quantitative estimate of drug-likeness (QED) is 0.763. The van der Waals surface area contributed by atoms with Gasteiger partial charge in [-0.05, 0) is 38.0 Å². The van der Waals surface area contributed by atoms with E-state index in [0.29, 0.717) is 18.8 Å². The Morgan fingerprint density at radius 2 is 1.81 bits per heavy atom. The van der Waals surface area contributed by atoms with Crippen LogP contribution in [-0.4, -0.2) is 23.0 Å². The van der Waals surface area contributed by atoms with E-state index in [-0.39, 0.29) is 23.8 Å². The van der Waals surface area contributed by atoms with Crippen molar-refractivity contribution in [3.05, 3.63) is 0 Å². The Balaban J connectivity index is 1.74. The maximum atomic E-state index is 11.7. The Hall–Kier alpha value is -1.06. The monoisotopic (exact) mass is 225 g/mol. The minimum atomic E-state index is -0.728. The molecule has 2 atom stereocenters. The van der Waals surface area contributed by atoms with Gasteiger partial charge in [0.15, 0.2) is 0 Å². The van der Waals surface area contributed by atoms with E-state index in [2.05, 4.69) is 12.2 Å². The van der Waals surface area contributed by atoms with Gasteiger partial charge in [0.05, 0.1) is 5.92 Å². The molecule has 0 aliphatic heterocycles. The summed E-state index contributed by atoms with van der Waals surface area (Å²) in [6.45, 7) is 2.15. The van der Waals surface area contributed by atoms with Gasteiger partial charge in [-0.25, -0.2) is 0 Å². The third kappa shape index (κ3) is 2.36. The van der Waals surface area contributed by atoms with Crippen LogP contribution in [0.3, 0.4) is 0 Å². The summed E-state index contributed by atoms with van der Waals surface area (Å²) in [6.07, 6.45) is 4.08. The molecule has 2 aliphatic rings. The van der Waals surface area contributed by atoms with Crippen molar-refractivity contribution in [1.29, 1.82) is 0 Å². The van der Waals surface area contributed by atoms with Crippen LogP contribution < -0.4 is 5.32 Å². The van der Waals surface area contributed by atoms with Crippen molar-refractivity contribution < 1.29 is 14.7 Å². The summed E-state index contributed by atoms with van der Waals surface area (Å²) in [6, 6.07) is 0.0875. The van der Waals surface area contributed by atoms with Gasteiger partial charge in [-0.15, -0.1) is 0 Å². The molecule has 2 unspecified atom stereocenters. The maximum Gasteiger partial charge on any atom is 0.306 e. The van der Waals surface area contributed by atoms with Crippen molar-refractivity contribution in [2.45, 2.75) is 45.1 Å². The molecule has 0 aromatic rings. The van der Waals surface area contributed by atoms with Crippen LogP contribution in [-0.2, 0) is 9.59 Å². The van der Waals surface area contributed by atoms with E-state index in [4.69, 9.17) is 5.11 Å². The first-order chi connectivity index (χ1) is 7.56. The average Bonchev–Trinajstić information content (AvgIpc) is 2.61. The van der Waals surface area contributed by atoms with Crippen LogP contribution in [0.1, 0.15) is 39.0 Å². The molecule has 0 aromatic carbocycles. The summed E-state index contributed by atoms with van der Waals surface area (Å²) < 4.78 is 0. The Kier molecular flexibility index (Phi) is 3.17. The zero-order chi connectivity index (χ0) is 11.7.